The third-order valence-corrected chi connectivity index (χ3v) is 2.85. The summed E-state index contributed by atoms with van der Waals surface area (Å²) < 4.78 is 5.31. The van der Waals surface area contributed by atoms with Crippen LogP contribution in [-0.4, -0.2) is 19.7 Å². The Morgan fingerprint density at radius 3 is 2.78 bits per heavy atom. The number of rotatable bonds is 7. The highest BCUT2D eigenvalue weighted by Crippen LogP contribution is 2.23. The highest BCUT2D eigenvalue weighted by atomic mass is 35.5. The largest absolute Gasteiger partial charge is 0.496 e. The van der Waals surface area contributed by atoms with Gasteiger partial charge in [0.2, 0.25) is 0 Å². The number of allylic oxidation sites excluding steroid dienone is 1. The number of hydrogen-bond acceptors (Lipinski definition) is 2. The van der Waals surface area contributed by atoms with Crippen molar-refractivity contribution in [2.24, 2.45) is 0 Å². The second-order valence-electron chi connectivity index (χ2n) is 4.53. The van der Waals surface area contributed by atoms with Gasteiger partial charge >= 0.3 is 0 Å². The second kappa shape index (κ2) is 8.17. The summed E-state index contributed by atoms with van der Waals surface area (Å²) in [6, 6.07) is 6.26. The van der Waals surface area contributed by atoms with E-state index in [4.69, 9.17) is 16.3 Å². The molecule has 18 heavy (non-hydrogen) atoms. The Hall–Kier alpha value is -0.990. The van der Waals surface area contributed by atoms with Crippen molar-refractivity contribution in [2.45, 2.75) is 32.7 Å². The summed E-state index contributed by atoms with van der Waals surface area (Å²) in [7, 11) is 1.68. The maximum absolute atomic E-state index is 5.98. The van der Waals surface area contributed by atoms with E-state index in [0.29, 0.717) is 6.04 Å². The molecule has 0 atom stereocenters. The van der Waals surface area contributed by atoms with Gasteiger partial charge in [-0.15, -0.1) is 0 Å². The van der Waals surface area contributed by atoms with Gasteiger partial charge in [-0.2, -0.15) is 0 Å². The van der Waals surface area contributed by atoms with E-state index in [0.717, 1.165) is 35.7 Å². The molecule has 0 aromatic heterocycles. The zero-order chi connectivity index (χ0) is 13.4. The summed E-state index contributed by atoms with van der Waals surface area (Å²) >= 11 is 5.98. The molecule has 1 N–H and O–H groups in total. The molecule has 2 nitrogen and oxygen atoms in total. The molecule has 3 heteroatoms. The molecule has 0 bridgehead atoms. The molecule has 0 saturated heterocycles. The molecule has 0 aliphatic carbocycles. The predicted molar refractivity (Wildman–Crippen MR) is 78.6 cm³/mol. The molecule has 0 heterocycles. The van der Waals surface area contributed by atoms with Gasteiger partial charge in [-0.25, -0.2) is 0 Å². The molecular weight excluding hydrogens is 246 g/mol. The van der Waals surface area contributed by atoms with E-state index in [1.165, 1.54) is 0 Å². The van der Waals surface area contributed by atoms with Crippen molar-refractivity contribution < 1.29 is 4.74 Å². The van der Waals surface area contributed by atoms with Crippen LogP contribution in [0, 0.1) is 0 Å². The molecule has 1 rings (SSSR count). The maximum atomic E-state index is 5.98. The molecule has 100 valence electrons. The number of ether oxygens (including phenoxy) is 1. The van der Waals surface area contributed by atoms with Crippen molar-refractivity contribution in [1.29, 1.82) is 0 Å². The standard InChI is InChI=1S/C15H22ClNO/c1-12(2)17-10-6-4-5-7-13-11-14(16)8-9-15(13)18-3/h4-5,8-9,11-12,17H,6-7,10H2,1-3H3. The van der Waals surface area contributed by atoms with Crippen molar-refractivity contribution in [3.8, 4) is 5.75 Å². The van der Waals surface area contributed by atoms with Crippen LogP contribution in [-0.2, 0) is 6.42 Å². The van der Waals surface area contributed by atoms with Crippen molar-refractivity contribution in [2.75, 3.05) is 13.7 Å². The van der Waals surface area contributed by atoms with Crippen LogP contribution in [0.1, 0.15) is 25.8 Å². The third-order valence-electron chi connectivity index (χ3n) is 2.61. The Morgan fingerprint density at radius 1 is 1.33 bits per heavy atom. The topological polar surface area (TPSA) is 21.3 Å². The molecule has 0 amide bonds. The lowest BCUT2D eigenvalue weighted by molar-refractivity contribution is 0.410. The minimum Gasteiger partial charge on any atom is -0.496 e. The fourth-order valence-electron chi connectivity index (χ4n) is 1.69. The number of methoxy groups -OCH3 is 1. The van der Waals surface area contributed by atoms with Crippen molar-refractivity contribution >= 4 is 11.6 Å². The average Bonchev–Trinajstić information content (AvgIpc) is 2.33. The van der Waals surface area contributed by atoms with Gasteiger partial charge in [-0.1, -0.05) is 37.6 Å². The summed E-state index contributed by atoms with van der Waals surface area (Å²) in [5.41, 5.74) is 1.12. The minimum absolute atomic E-state index is 0.548. The molecule has 1 aromatic rings. The van der Waals surface area contributed by atoms with E-state index in [2.05, 4.69) is 31.3 Å². The van der Waals surface area contributed by atoms with Crippen LogP contribution in [0.4, 0.5) is 0 Å². The first-order valence-corrected chi connectivity index (χ1v) is 6.72. The van der Waals surface area contributed by atoms with Crippen LogP contribution in [0.3, 0.4) is 0 Å². The summed E-state index contributed by atoms with van der Waals surface area (Å²) in [6.07, 6.45) is 6.25. The predicted octanol–water partition coefficient (Wildman–Crippen LogP) is 3.84. The first kappa shape index (κ1) is 15.1. The minimum atomic E-state index is 0.548. The fraction of sp³-hybridized carbons (Fsp3) is 0.467. The van der Waals surface area contributed by atoms with Crippen LogP contribution >= 0.6 is 11.6 Å². The van der Waals surface area contributed by atoms with E-state index in [-0.39, 0.29) is 0 Å². The number of hydrogen-bond donors (Lipinski definition) is 1. The maximum Gasteiger partial charge on any atom is 0.122 e. The van der Waals surface area contributed by atoms with Crippen LogP contribution in [0.25, 0.3) is 0 Å². The Labute approximate surface area is 115 Å². The highest BCUT2D eigenvalue weighted by Gasteiger charge is 2.01. The summed E-state index contributed by atoms with van der Waals surface area (Å²) in [6.45, 7) is 5.32. The molecule has 0 aliphatic heterocycles. The summed E-state index contributed by atoms with van der Waals surface area (Å²) in [4.78, 5) is 0. The lowest BCUT2D eigenvalue weighted by Gasteiger charge is -2.07. The Morgan fingerprint density at radius 2 is 2.11 bits per heavy atom. The van der Waals surface area contributed by atoms with Gasteiger partial charge < -0.3 is 10.1 Å². The van der Waals surface area contributed by atoms with Crippen molar-refractivity contribution in [1.82, 2.24) is 5.32 Å². The SMILES string of the molecule is COc1ccc(Cl)cc1CC=CCCNC(C)C. The number of nitrogens with one attached hydrogen (secondary N) is 1. The van der Waals surface area contributed by atoms with E-state index in [9.17, 15) is 0 Å². The smallest absolute Gasteiger partial charge is 0.122 e. The lowest BCUT2D eigenvalue weighted by Crippen LogP contribution is -2.23. The molecule has 0 radical (unpaired) electrons. The Bertz CT molecular complexity index is 388. The van der Waals surface area contributed by atoms with Gasteiger partial charge in [0.1, 0.15) is 5.75 Å². The molecule has 1 aromatic carbocycles. The number of benzene rings is 1. The molecule has 0 saturated carbocycles. The molecule has 0 aliphatic rings. The van der Waals surface area contributed by atoms with Gasteiger partial charge in [-0.3, -0.25) is 0 Å². The van der Waals surface area contributed by atoms with Gasteiger partial charge in [0.25, 0.3) is 0 Å². The molecule has 0 spiro atoms. The van der Waals surface area contributed by atoms with Crippen molar-refractivity contribution in [3.05, 3.63) is 40.9 Å². The quantitative estimate of drug-likeness (QED) is 0.599. The van der Waals surface area contributed by atoms with E-state index < -0.39 is 0 Å². The monoisotopic (exact) mass is 267 g/mol. The van der Waals surface area contributed by atoms with Crippen LogP contribution in [0.15, 0.2) is 30.4 Å². The van der Waals surface area contributed by atoms with Gasteiger partial charge in [-0.05, 0) is 43.1 Å². The van der Waals surface area contributed by atoms with Gasteiger partial charge in [0.15, 0.2) is 0 Å². The fourth-order valence-corrected chi connectivity index (χ4v) is 1.88. The molecular formula is C15H22ClNO. The van der Waals surface area contributed by atoms with Gasteiger partial charge in [0, 0.05) is 11.1 Å². The first-order chi connectivity index (χ1) is 8.63. The third kappa shape index (κ3) is 5.56. The summed E-state index contributed by atoms with van der Waals surface area (Å²) in [5, 5.41) is 4.13. The highest BCUT2D eigenvalue weighted by molar-refractivity contribution is 6.30. The first-order valence-electron chi connectivity index (χ1n) is 6.34. The zero-order valence-corrected chi connectivity index (χ0v) is 12.1. The van der Waals surface area contributed by atoms with E-state index >= 15 is 0 Å². The second-order valence-corrected chi connectivity index (χ2v) is 4.97. The van der Waals surface area contributed by atoms with Gasteiger partial charge in [0.05, 0.1) is 7.11 Å². The zero-order valence-electron chi connectivity index (χ0n) is 11.4. The Kier molecular flexibility index (Phi) is 6.84. The van der Waals surface area contributed by atoms with Crippen molar-refractivity contribution in [3.63, 3.8) is 0 Å². The lowest BCUT2D eigenvalue weighted by atomic mass is 10.1. The molecule has 0 fully saturated rings. The van der Waals surface area contributed by atoms with E-state index in [1.807, 2.05) is 18.2 Å². The van der Waals surface area contributed by atoms with Crippen LogP contribution in [0.2, 0.25) is 5.02 Å². The number of halogens is 1. The van der Waals surface area contributed by atoms with E-state index in [1.54, 1.807) is 7.11 Å². The average molecular weight is 268 g/mol. The Balaban J connectivity index is 2.42. The molecule has 0 unspecified atom stereocenters. The van der Waals surface area contributed by atoms with Crippen LogP contribution < -0.4 is 10.1 Å². The van der Waals surface area contributed by atoms with Crippen LogP contribution in [0.5, 0.6) is 5.75 Å². The summed E-state index contributed by atoms with van der Waals surface area (Å²) in [5.74, 6) is 0.893. The normalized spacial score (nSPS) is 11.4.